The van der Waals surface area contributed by atoms with E-state index in [9.17, 15) is 14.0 Å². The maximum atomic E-state index is 13.7. The van der Waals surface area contributed by atoms with Gasteiger partial charge in [0.05, 0.1) is 18.0 Å². The number of aromatic amines is 2. The number of pyridine rings is 1. The van der Waals surface area contributed by atoms with Crippen molar-refractivity contribution in [1.82, 2.24) is 9.36 Å². The molecule has 0 saturated heterocycles. The molecule has 0 saturated carbocycles. The predicted octanol–water partition coefficient (Wildman–Crippen LogP) is 1.58. The van der Waals surface area contributed by atoms with E-state index in [1.165, 1.54) is 13.2 Å². The third kappa shape index (κ3) is 1.31. The van der Waals surface area contributed by atoms with Crippen LogP contribution in [0.2, 0.25) is 0 Å². The molecule has 3 rings (SSSR count). The van der Waals surface area contributed by atoms with E-state index in [0.717, 1.165) is 17.6 Å². The minimum atomic E-state index is -0.681. The molecule has 0 radical (unpaired) electrons. The van der Waals surface area contributed by atoms with Crippen LogP contribution in [-0.4, -0.2) is 16.5 Å². The van der Waals surface area contributed by atoms with Gasteiger partial charge in [-0.3, -0.25) is 14.0 Å². The van der Waals surface area contributed by atoms with Crippen molar-refractivity contribution in [3.8, 4) is 5.75 Å². The maximum Gasteiger partial charge on any atom is 0.271 e. The van der Waals surface area contributed by atoms with E-state index < -0.39 is 16.8 Å². The lowest BCUT2D eigenvalue weighted by Crippen LogP contribution is -2.13. The Morgan fingerprint density at radius 1 is 1.28 bits per heavy atom. The number of halogens is 1. The number of H-pyrrole nitrogens is 2. The summed E-state index contributed by atoms with van der Waals surface area (Å²) < 4.78 is 21.3. The lowest BCUT2D eigenvalue weighted by Gasteiger charge is -2.05. The first kappa shape index (κ1) is 11.0. The fraction of sp³-hybridized carbons (Fsp3) is 0.0909. The fourth-order valence-corrected chi connectivity index (χ4v) is 2.65. The van der Waals surface area contributed by atoms with Gasteiger partial charge in [-0.1, -0.05) is 0 Å². The summed E-state index contributed by atoms with van der Waals surface area (Å²) in [6.07, 6.45) is 0. The van der Waals surface area contributed by atoms with Crippen LogP contribution in [0, 0.1) is 5.82 Å². The number of hydrogen-bond acceptors (Lipinski definition) is 4. The molecule has 0 aliphatic heterocycles. The third-order valence-corrected chi connectivity index (χ3v) is 3.53. The molecule has 0 fully saturated rings. The number of rotatable bonds is 1. The van der Waals surface area contributed by atoms with Gasteiger partial charge in [-0.25, -0.2) is 4.39 Å². The van der Waals surface area contributed by atoms with E-state index in [4.69, 9.17) is 4.74 Å². The highest BCUT2D eigenvalue weighted by atomic mass is 32.1. The molecule has 0 aliphatic rings. The van der Waals surface area contributed by atoms with Crippen LogP contribution in [0.3, 0.4) is 0 Å². The van der Waals surface area contributed by atoms with E-state index >= 15 is 0 Å². The highest BCUT2D eigenvalue weighted by Crippen LogP contribution is 2.25. The van der Waals surface area contributed by atoms with Crippen LogP contribution in [0.15, 0.2) is 21.7 Å². The first-order valence-electron chi connectivity index (χ1n) is 5.03. The molecule has 92 valence electrons. The van der Waals surface area contributed by atoms with Gasteiger partial charge in [0.2, 0.25) is 5.43 Å². The van der Waals surface area contributed by atoms with Crippen LogP contribution in [-0.2, 0) is 0 Å². The second-order valence-electron chi connectivity index (χ2n) is 3.69. The molecule has 18 heavy (non-hydrogen) atoms. The molecule has 0 atom stereocenters. The Kier molecular flexibility index (Phi) is 2.24. The molecule has 7 heteroatoms. The molecule has 1 aromatic carbocycles. The highest BCUT2D eigenvalue weighted by molar-refractivity contribution is 7.12. The molecule has 2 aromatic heterocycles. The van der Waals surface area contributed by atoms with Crippen molar-refractivity contribution in [3.05, 3.63) is 38.5 Å². The molecule has 2 heterocycles. The molecular weight excluding hydrogens is 259 g/mol. The number of methoxy groups -OCH3 is 1. The molecule has 0 aliphatic carbocycles. The Labute approximate surface area is 103 Å². The molecule has 2 N–H and O–H groups in total. The second kappa shape index (κ2) is 3.67. The van der Waals surface area contributed by atoms with Gasteiger partial charge in [-0.2, -0.15) is 0 Å². The summed E-state index contributed by atoms with van der Waals surface area (Å²) in [6.45, 7) is 0. The average Bonchev–Trinajstić information content (AvgIpc) is 2.72. The summed E-state index contributed by atoms with van der Waals surface area (Å²) in [5.74, 6) is -0.328. The summed E-state index contributed by atoms with van der Waals surface area (Å²) >= 11 is 0.997. The SMILES string of the molecule is COc1ccc(F)c2c(=O)c3c(=O)[nH]sc3[nH]c12. The Morgan fingerprint density at radius 2 is 2.06 bits per heavy atom. The van der Waals surface area contributed by atoms with Crippen molar-refractivity contribution < 1.29 is 9.13 Å². The zero-order chi connectivity index (χ0) is 12.9. The van der Waals surface area contributed by atoms with Gasteiger partial charge in [0.15, 0.2) is 0 Å². The summed E-state index contributed by atoms with van der Waals surface area (Å²) in [7, 11) is 1.43. The Bertz CT molecular complexity index is 877. The van der Waals surface area contributed by atoms with Crippen LogP contribution in [0.25, 0.3) is 21.1 Å². The van der Waals surface area contributed by atoms with Crippen LogP contribution in [0.5, 0.6) is 5.75 Å². The number of aromatic nitrogens is 2. The van der Waals surface area contributed by atoms with Gasteiger partial charge in [0.25, 0.3) is 5.56 Å². The fourth-order valence-electron chi connectivity index (χ4n) is 1.91. The lowest BCUT2D eigenvalue weighted by atomic mass is 10.1. The molecule has 0 spiro atoms. The summed E-state index contributed by atoms with van der Waals surface area (Å²) in [5, 5.41) is -0.217. The van der Waals surface area contributed by atoms with Gasteiger partial charge < -0.3 is 9.72 Å². The summed E-state index contributed by atoms with van der Waals surface area (Å²) in [4.78, 5) is 26.8. The number of nitrogens with one attached hydrogen (secondary N) is 2. The van der Waals surface area contributed by atoms with Crippen LogP contribution in [0.1, 0.15) is 0 Å². The van der Waals surface area contributed by atoms with Crippen molar-refractivity contribution in [2.45, 2.75) is 0 Å². The number of benzene rings is 1. The van der Waals surface area contributed by atoms with Crippen molar-refractivity contribution in [3.63, 3.8) is 0 Å². The van der Waals surface area contributed by atoms with E-state index in [1.54, 1.807) is 0 Å². The van der Waals surface area contributed by atoms with Gasteiger partial charge in [0.1, 0.15) is 21.8 Å². The topological polar surface area (TPSA) is 75.0 Å². The van der Waals surface area contributed by atoms with E-state index in [1.807, 2.05) is 0 Å². The predicted molar refractivity (Wildman–Crippen MR) is 67.1 cm³/mol. The van der Waals surface area contributed by atoms with Crippen LogP contribution >= 0.6 is 11.5 Å². The molecule has 3 aromatic rings. The largest absolute Gasteiger partial charge is 0.495 e. The quantitative estimate of drug-likeness (QED) is 0.702. The summed E-state index contributed by atoms with van der Waals surface area (Å²) in [6, 6.07) is 2.57. The van der Waals surface area contributed by atoms with Gasteiger partial charge >= 0.3 is 0 Å². The Hall–Kier alpha value is -2.15. The van der Waals surface area contributed by atoms with Crippen LogP contribution < -0.4 is 15.7 Å². The first-order chi connectivity index (χ1) is 8.63. The van der Waals surface area contributed by atoms with E-state index in [2.05, 4.69) is 9.36 Å². The molecular formula is C11H7FN2O3S. The maximum absolute atomic E-state index is 13.7. The monoisotopic (exact) mass is 266 g/mol. The average molecular weight is 266 g/mol. The normalized spacial score (nSPS) is 11.2. The highest BCUT2D eigenvalue weighted by Gasteiger charge is 2.16. The molecule has 0 unspecified atom stereocenters. The van der Waals surface area contributed by atoms with E-state index in [0.29, 0.717) is 10.6 Å². The van der Waals surface area contributed by atoms with Crippen molar-refractivity contribution >= 4 is 32.7 Å². The number of fused-ring (bicyclic) bond motifs is 2. The molecule has 0 amide bonds. The Morgan fingerprint density at radius 3 is 2.78 bits per heavy atom. The third-order valence-electron chi connectivity index (χ3n) is 2.73. The minimum absolute atomic E-state index is 0.0559. The Balaban J connectivity index is 2.69. The van der Waals surface area contributed by atoms with Crippen LogP contribution in [0.4, 0.5) is 4.39 Å². The number of ether oxygens (including phenoxy) is 1. The van der Waals surface area contributed by atoms with Gasteiger partial charge in [-0.05, 0) is 23.7 Å². The molecule has 0 bridgehead atoms. The van der Waals surface area contributed by atoms with Crippen molar-refractivity contribution in [2.75, 3.05) is 7.11 Å². The zero-order valence-corrected chi connectivity index (χ0v) is 9.98. The molecule has 5 nitrogen and oxygen atoms in total. The van der Waals surface area contributed by atoms with E-state index in [-0.39, 0.29) is 16.3 Å². The minimum Gasteiger partial charge on any atom is -0.495 e. The van der Waals surface area contributed by atoms with Crippen molar-refractivity contribution in [2.24, 2.45) is 0 Å². The smallest absolute Gasteiger partial charge is 0.271 e. The van der Waals surface area contributed by atoms with Gasteiger partial charge in [0, 0.05) is 0 Å². The summed E-state index contributed by atoms with van der Waals surface area (Å²) in [5.41, 5.74) is -0.886. The van der Waals surface area contributed by atoms with Crippen molar-refractivity contribution in [1.29, 1.82) is 0 Å². The first-order valence-corrected chi connectivity index (χ1v) is 5.85. The second-order valence-corrected chi connectivity index (χ2v) is 4.51. The zero-order valence-electron chi connectivity index (χ0n) is 9.17. The lowest BCUT2D eigenvalue weighted by molar-refractivity contribution is 0.418. The van der Waals surface area contributed by atoms with Gasteiger partial charge in [-0.15, -0.1) is 0 Å². The number of hydrogen-bond donors (Lipinski definition) is 2. The standard InChI is InChI=1S/C11H7FN2O3S/c1-17-5-3-2-4(12)6-8(5)13-11-7(9(6)15)10(16)14-18-11/h2-3H,1H3,(H,13,15)(H,14,16).